The number of nitro benzene ring substituents is 1. The van der Waals surface area contributed by atoms with E-state index in [4.69, 9.17) is 4.84 Å². The first-order chi connectivity index (χ1) is 8.20. The molecule has 1 amide bonds. The maximum absolute atomic E-state index is 11.7. The van der Waals surface area contributed by atoms with Crippen molar-refractivity contribution in [2.24, 2.45) is 0 Å². The molecule has 1 aromatic carbocycles. The van der Waals surface area contributed by atoms with Crippen LogP contribution in [0.1, 0.15) is 36.7 Å². The molecule has 0 fully saturated rings. The minimum absolute atomic E-state index is 0.0848. The lowest BCUT2D eigenvalue weighted by Gasteiger charge is -2.18. The Hall–Kier alpha value is -1.95. The Morgan fingerprint density at radius 2 is 2.00 bits per heavy atom. The lowest BCUT2D eigenvalue weighted by Crippen LogP contribution is -2.33. The van der Waals surface area contributed by atoms with Gasteiger partial charge in [-0.05, 0) is 33.8 Å². The van der Waals surface area contributed by atoms with E-state index in [-0.39, 0.29) is 11.3 Å². The summed E-state index contributed by atoms with van der Waals surface area (Å²) >= 11 is 0. The standard InChI is InChI=1S/C12H16N2O4/c1-8-5-6-9(7-10(8)14(16)17)11(15)13-18-12(2,3)4/h5-7H,1-4H3,(H,13,15). The van der Waals surface area contributed by atoms with Crippen LogP contribution in [0.3, 0.4) is 0 Å². The molecule has 0 aliphatic carbocycles. The molecule has 1 aromatic rings. The molecule has 0 atom stereocenters. The number of carbonyl (C=O) groups excluding carboxylic acids is 1. The van der Waals surface area contributed by atoms with Gasteiger partial charge in [-0.2, -0.15) is 0 Å². The molecule has 0 aromatic heterocycles. The summed E-state index contributed by atoms with van der Waals surface area (Å²) in [7, 11) is 0. The number of nitro groups is 1. The monoisotopic (exact) mass is 252 g/mol. The van der Waals surface area contributed by atoms with Gasteiger partial charge in [0.05, 0.1) is 10.5 Å². The van der Waals surface area contributed by atoms with Crippen LogP contribution >= 0.6 is 0 Å². The number of rotatable bonds is 3. The molecule has 0 aliphatic heterocycles. The highest BCUT2D eigenvalue weighted by molar-refractivity contribution is 5.94. The molecular formula is C12H16N2O4. The number of aryl methyl sites for hydroxylation is 1. The summed E-state index contributed by atoms with van der Waals surface area (Å²) in [5, 5.41) is 10.8. The average molecular weight is 252 g/mol. The van der Waals surface area contributed by atoms with Gasteiger partial charge in [0.2, 0.25) is 0 Å². The highest BCUT2D eigenvalue weighted by Gasteiger charge is 2.17. The topological polar surface area (TPSA) is 81.5 Å². The molecule has 6 nitrogen and oxygen atoms in total. The van der Waals surface area contributed by atoms with Crippen molar-refractivity contribution < 1.29 is 14.6 Å². The summed E-state index contributed by atoms with van der Waals surface area (Å²) in [4.78, 5) is 27.1. The van der Waals surface area contributed by atoms with E-state index in [1.165, 1.54) is 18.2 Å². The Labute approximate surface area is 105 Å². The molecule has 98 valence electrons. The normalized spacial score (nSPS) is 11.1. The predicted octanol–water partition coefficient (Wildman–Crippen LogP) is 2.36. The molecule has 1 rings (SSSR count). The van der Waals surface area contributed by atoms with Crippen LogP contribution in [0.4, 0.5) is 5.69 Å². The molecule has 0 heterocycles. The third-order valence-electron chi connectivity index (χ3n) is 2.12. The number of hydroxylamine groups is 1. The van der Waals surface area contributed by atoms with E-state index >= 15 is 0 Å². The third-order valence-corrected chi connectivity index (χ3v) is 2.12. The first-order valence-electron chi connectivity index (χ1n) is 5.44. The van der Waals surface area contributed by atoms with Gasteiger partial charge in [0.1, 0.15) is 0 Å². The minimum atomic E-state index is -0.522. The van der Waals surface area contributed by atoms with E-state index in [0.717, 1.165) is 0 Å². The Morgan fingerprint density at radius 1 is 1.39 bits per heavy atom. The molecule has 0 radical (unpaired) electrons. The number of carbonyl (C=O) groups is 1. The fraction of sp³-hybridized carbons (Fsp3) is 0.417. The summed E-state index contributed by atoms with van der Waals surface area (Å²) in [6.07, 6.45) is 0. The SMILES string of the molecule is Cc1ccc(C(=O)NOC(C)(C)C)cc1[N+](=O)[O-]. The molecule has 6 heteroatoms. The van der Waals surface area contributed by atoms with Crippen LogP contribution in [-0.2, 0) is 4.84 Å². The van der Waals surface area contributed by atoms with E-state index in [1.807, 2.05) is 0 Å². The van der Waals surface area contributed by atoms with Gasteiger partial charge >= 0.3 is 0 Å². The van der Waals surface area contributed by atoms with E-state index in [1.54, 1.807) is 27.7 Å². The van der Waals surface area contributed by atoms with Gasteiger partial charge in [-0.1, -0.05) is 6.07 Å². The molecular weight excluding hydrogens is 236 g/mol. The fourth-order valence-electron chi connectivity index (χ4n) is 1.21. The fourth-order valence-corrected chi connectivity index (χ4v) is 1.21. The number of hydrogen-bond acceptors (Lipinski definition) is 4. The number of benzene rings is 1. The van der Waals surface area contributed by atoms with Gasteiger partial charge in [-0.3, -0.25) is 19.7 Å². The van der Waals surface area contributed by atoms with Gasteiger partial charge in [0, 0.05) is 17.2 Å². The van der Waals surface area contributed by atoms with E-state index < -0.39 is 16.4 Å². The summed E-state index contributed by atoms with van der Waals surface area (Å²) in [5.74, 6) is -0.506. The lowest BCUT2D eigenvalue weighted by atomic mass is 10.1. The summed E-state index contributed by atoms with van der Waals surface area (Å²) < 4.78 is 0. The second-order valence-electron chi connectivity index (χ2n) is 4.90. The van der Waals surface area contributed by atoms with Crippen molar-refractivity contribution in [1.29, 1.82) is 0 Å². The Kier molecular flexibility index (Phi) is 4.03. The van der Waals surface area contributed by atoms with Crippen molar-refractivity contribution in [1.82, 2.24) is 5.48 Å². The predicted molar refractivity (Wildman–Crippen MR) is 66.1 cm³/mol. The minimum Gasteiger partial charge on any atom is -0.268 e. The maximum Gasteiger partial charge on any atom is 0.275 e. The van der Waals surface area contributed by atoms with Crippen LogP contribution in [0.5, 0.6) is 0 Å². The number of nitrogens with one attached hydrogen (secondary N) is 1. The van der Waals surface area contributed by atoms with Crippen molar-refractivity contribution in [3.63, 3.8) is 0 Å². The molecule has 0 bridgehead atoms. The summed E-state index contributed by atoms with van der Waals surface area (Å²) in [5.41, 5.74) is 2.36. The Morgan fingerprint density at radius 3 is 2.50 bits per heavy atom. The zero-order valence-corrected chi connectivity index (χ0v) is 10.8. The van der Waals surface area contributed by atoms with Crippen molar-refractivity contribution >= 4 is 11.6 Å². The van der Waals surface area contributed by atoms with Crippen LogP contribution in [0.15, 0.2) is 18.2 Å². The zero-order valence-electron chi connectivity index (χ0n) is 10.8. The van der Waals surface area contributed by atoms with Crippen molar-refractivity contribution in [2.75, 3.05) is 0 Å². The van der Waals surface area contributed by atoms with E-state index in [9.17, 15) is 14.9 Å². The van der Waals surface area contributed by atoms with Crippen molar-refractivity contribution in [3.05, 3.63) is 39.4 Å². The zero-order chi connectivity index (χ0) is 13.9. The molecule has 0 saturated heterocycles. The third kappa shape index (κ3) is 3.81. The Balaban J connectivity index is 2.87. The number of hydrogen-bond donors (Lipinski definition) is 1. The van der Waals surface area contributed by atoms with Crippen LogP contribution in [-0.4, -0.2) is 16.4 Å². The first kappa shape index (κ1) is 14.1. The highest BCUT2D eigenvalue weighted by Crippen LogP contribution is 2.19. The number of nitrogens with zero attached hydrogens (tertiary/aromatic N) is 1. The second-order valence-corrected chi connectivity index (χ2v) is 4.90. The maximum atomic E-state index is 11.7. The summed E-state index contributed by atoms with van der Waals surface area (Å²) in [6.45, 7) is 6.96. The van der Waals surface area contributed by atoms with Gasteiger partial charge in [-0.15, -0.1) is 0 Å². The van der Waals surface area contributed by atoms with Gasteiger partial charge in [0.25, 0.3) is 11.6 Å². The van der Waals surface area contributed by atoms with Crippen LogP contribution in [0.2, 0.25) is 0 Å². The molecule has 0 unspecified atom stereocenters. The van der Waals surface area contributed by atoms with Crippen molar-refractivity contribution in [2.45, 2.75) is 33.3 Å². The average Bonchev–Trinajstić information content (AvgIpc) is 2.25. The van der Waals surface area contributed by atoms with Gasteiger partial charge in [0.15, 0.2) is 0 Å². The second kappa shape index (κ2) is 5.14. The van der Waals surface area contributed by atoms with Gasteiger partial charge < -0.3 is 0 Å². The largest absolute Gasteiger partial charge is 0.275 e. The molecule has 1 N–H and O–H groups in total. The number of amides is 1. The van der Waals surface area contributed by atoms with E-state index in [0.29, 0.717) is 5.56 Å². The highest BCUT2D eigenvalue weighted by atomic mass is 16.7. The van der Waals surface area contributed by atoms with Gasteiger partial charge in [-0.25, -0.2) is 5.48 Å². The first-order valence-corrected chi connectivity index (χ1v) is 5.44. The molecule has 0 aliphatic rings. The van der Waals surface area contributed by atoms with E-state index in [2.05, 4.69) is 5.48 Å². The van der Waals surface area contributed by atoms with Crippen molar-refractivity contribution in [3.8, 4) is 0 Å². The molecule has 0 spiro atoms. The molecule has 0 saturated carbocycles. The smallest absolute Gasteiger partial charge is 0.268 e. The van der Waals surface area contributed by atoms with Crippen LogP contribution < -0.4 is 5.48 Å². The summed E-state index contributed by atoms with van der Waals surface area (Å²) in [6, 6.07) is 4.28. The van der Waals surface area contributed by atoms with Crippen LogP contribution in [0.25, 0.3) is 0 Å². The lowest BCUT2D eigenvalue weighted by molar-refractivity contribution is -0.385. The Bertz CT molecular complexity index is 477. The van der Waals surface area contributed by atoms with Crippen LogP contribution in [0, 0.1) is 17.0 Å². The quantitative estimate of drug-likeness (QED) is 0.661. The molecule has 18 heavy (non-hydrogen) atoms.